The highest BCUT2D eigenvalue weighted by atomic mass is 16.2. The molecule has 0 saturated carbocycles. The maximum absolute atomic E-state index is 13.1. The molecule has 4 rings (SSSR count). The van der Waals surface area contributed by atoms with Crippen molar-refractivity contribution in [3.63, 3.8) is 0 Å². The molecule has 0 atom stereocenters. The Hall–Kier alpha value is -3.26. The molecular formula is C25H20O2. The summed E-state index contributed by atoms with van der Waals surface area (Å²) in [5.74, 6) is 0.0376. The summed E-state index contributed by atoms with van der Waals surface area (Å²) >= 11 is 0. The van der Waals surface area contributed by atoms with E-state index in [2.05, 4.69) is 26.0 Å². The molecule has 2 heteroatoms. The van der Waals surface area contributed by atoms with E-state index in [0.717, 1.165) is 11.1 Å². The molecule has 0 amide bonds. The molecule has 0 aliphatic heterocycles. The molecule has 2 nitrogen and oxygen atoms in total. The average molecular weight is 352 g/mol. The molecule has 0 N–H and O–H groups in total. The lowest BCUT2D eigenvalue weighted by Gasteiger charge is -2.13. The van der Waals surface area contributed by atoms with Gasteiger partial charge in [-0.25, -0.2) is 0 Å². The first kappa shape index (κ1) is 17.2. The Kier molecular flexibility index (Phi) is 4.33. The molecule has 0 heterocycles. The van der Waals surface area contributed by atoms with Crippen molar-refractivity contribution in [3.05, 3.63) is 112 Å². The Balaban J connectivity index is 1.96. The van der Waals surface area contributed by atoms with Crippen molar-refractivity contribution in [2.24, 2.45) is 0 Å². The Bertz CT molecular complexity index is 1020. The van der Waals surface area contributed by atoms with Crippen LogP contribution in [0.15, 0.2) is 84.4 Å². The molecule has 0 bridgehead atoms. The van der Waals surface area contributed by atoms with Gasteiger partial charge < -0.3 is 0 Å². The molecule has 0 radical (unpaired) electrons. The first-order chi connectivity index (χ1) is 13.1. The monoisotopic (exact) mass is 352 g/mol. The summed E-state index contributed by atoms with van der Waals surface area (Å²) in [6, 6.07) is 24.9. The third-order valence-corrected chi connectivity index (χ3v) is 5.05. The van der Waals surface area contributed by atoms with Gasteiger partial charge in [-0.3, -0.25) is 9.59 Å². The maximum Gasteiger partial charge on any atom is 0.198 e. The molecule has 0 fully saturated rings. The Morgan fingerprint density at radius 1 is 0.630 bits per heavy atom. The molecule has 1 aliphatic rings. The highest BCUT2D eigenvalue weighted by Gasteiger charge is 2.35. The third kappa shape index (κ3) is 2.93. The van der Waals surface area contributed by atoms with E-state index in [1.165, 1.54) is 5.56 Å². The van der Waals surface area contributed by atoms with Crippen LogP contribution in [0.1, 0.15) is 57.2 Å². The van der Waals surface area contributed by atoms with Crippen molar-refractivity contribution >= 4 is 17.1 Å². The summed E-state index contributed by atoms with van der Waals surface area (Å²) in [7, 11) is 0. The van der Waals surface area contributed by atoms with Gasteiger partial charge >= 0.3 is 0 Å². The first-order valence-corrected chi connectivity index (χ1v) is 9.16. The summed E-state index contributed by atoms with van der Waals surface area (Å²) in [5, 5.41) is 0. The minimum Gasteiger partial charge on any atom is -0.288 e. The van der Waals surface area contributed by atoms with E-state index in [9.17, 15) is 9.59 Å². The second kappa shape index (κ2) is 6.81. The van der Waals surface area contributed by atoms with Crippen molar-refractivity contribution in [1.29, 1.82) is 0 Å². The number of carbonyl (C=O) groups is 2. The minimum absolute atomic E-state index is 0.192. The van der Waals surface area contributed by atoms with Crippen LogP contribution in [-0.4, -0.2) is 11.6 Å². The Labute approximate surface area is 159 Å². The van der Waals surface area contributed by atoms with Crippen LogP contribution in [0.5, 0.6) is 0 Å². The minimum atomic E-state index is -0.192. The van der Waals surface area contributed by atoms with Gasteiger partial charge in [0.25, 0.3) is 0 Å². The molecule has 132 valence electrons. The number of rotatable bonds is 3. The van der Waals surface area contributed by atoms with Gasteiger partial charge in [-0.1, -0.05) is 92.7 Å². The van der Waals surface area contributed by atoms with Gasteiger partial charge in [0.2, 0.25) is 0 Å². The van der Waals surface area contributed by atoms with E-state index in [0.29, 0.717) is 22.6 Å². The fraction of sp³-hybridized carbons (Fsp3) is 0.120. The lowest BCUT2D eigenvalue weighted by molar-refractivity contribution is 0.0990. The lowest BCUT2D eigenvalue weighted by Crippen LogP contribution is -2.06. The summed E-state index contributed by atoms with van der Waals surface area (Å²) in [6.07, 6.45) is 0. The highest BCUT2D eigenvalue weighted by molar-refractivity contribution is 6.43. The number of hydrogen-bond donors (Lipinski definition) is 0. The molecule has 3 aromatic carbocycles. The Morgan fingerprint density at radius 3 is 1.63 bits per heavy atom. The van der Waals surface area contributed by atoms with Gasteiger partial charge in [-0.15, -0.1) is 0 Å². The smallest absolute Gasteiger partial charge is 0.198 e. The van der Waals surface area contributed by atoms with Crippen molar-refractivity contribution in [2.45, 2.75) is 19.8 Å². The van der Waals surface area contributed by atoms with Crippen molar-refractivity contribution in [3.8, 4) is 0 Å². The lowest BCUT2D eigenvalue weighted by atomic mass is 9.89. The number of allylic oxidation sites excluding steroid dienone is 1. The van der Waals surface area contributed by atoms with Crippen LogP contribution in [-0.2, 0) is 0 Å². The zero-order valence-corrected chi connectivity index (χ0v) is 15.4. The van der Waals surface area contributed by atoms with E-state index < -0.39 is 0 Å². The maximum atomic E-state index is 13.1. The SMILES string of the molecule is CC(C)c1ccc(C(=C2C(=O)c3ccccc3C2=O)c2ccccc2)cc1. The molecule has 0 spiro atoms. The van der Waals surface area contributed by atoms with E-state index in [-0.39, 0.29) is 17.1 Å². The zero-order chi connectivity index (χ0) is 19.0. The third-order valence-electron chi connectivity index (χ3n) is 5.05. The largest absolute Gasteiger partial charge is 0.288 e. The molecule has 27 heavy (non-hydrogen) atoms. The fourth-order valence-electron chi connectivity index (χ4n) is 3.57. The summed E-state index contributed by atoms with van der Waals surface area (Å²) in [4.78, 5) is 26.2. The molecule has 3 aromatic rings. The van der Waals surface area contributed by atoms with E-state index in [1.54, 1.807) is 24.3 Å². The van der Waals surface area contributed by atoms with Crippen molar-refractivity contribution in [2.75, 3.05) is 0 Å². The zero-order valence-electron chi connectivity index (χ0n) is 15.4. The van der Waals surface area contributed by atoms with Gasteiger partial charge in [0.1, 0.15) is 0 Å². The molecule has 0 saturated heterocycles. The van der Waals surface area contributed by atoms with Gasteiger partial charge in [-0.05, 0) is 22.6 Å². The van der Waals surface area contributed by atoms with E-state index in [4.69, 9.17) is 0 Å². The van der Waals surface area contributed by atoms with Crippen molar-refractivity contribution < 1.29 is 9.59 Å². The van der Waals surface area contributed by atoms with Crippen LogP contribution in [0.25, 0.3) is 5.57 Å². The number of Topliss-reactive ketones (excluding diaryl/α,β-unsaturated/α-hetero) is 2. The number of carbonyl (C=O) groups excluding carboxylic acids is 2. The van der Waals surface area contributed by atoms with Gasteiger partial charge in [-0.2, -0.15) is 0 Å². The predicted molar refractivity (Wildman–Crippen MR) is 108 cm³/mol. The highest BCUT2D eigenvalue weighted by Crippen LogP contribution is 2.36. The number of ketones is 2. The van der Waals surface area contributed by atoms with Crippen molar-refractivity contribution in [1.82, 2.24) is 0 Å². The van der Waals surface area contributed by atoms with Crippen LogP contribution >= 0.6 is 0 Å². The van der Waals surface area contributed by atoms with Crippen LogP contribution < -0.4 is 0 Å². The van der Waals surface area contributed by atoms with Crippen LogP contribution in [0.2, 0.25) is 0 Å². The summed E-state index contributed by atoms with van der Waals surface area (Å²) in [6.45, 7) is 4.29. The van der Waals surface area contributed by atoms with Gasteiger partial charge in [0.05, 0.1) is 5.57 Å². The van der Waals surface area contributed by atoms with E-state index >= 15 is 0 Å². The van der Waals surface area contributed by atoms with E-state index in [1.807, 2.05) is 42.5 Å². The van der Waals surface area contributed by atoms with Gasteiger partial charge in [0, 0.05) is 16.7 Å². The fourth-order valence-corrected chi connectivity index (χ4v) is 3.57. The number of benzene rings is 3. The quantitative estimate of drug-likeness (QED) is 0.448. The van der Waals surface area contributed by atoms with Gasteiger partial charge in [0.15, 0.2) is 11.6 Å². The van der Waals surface area contributed by atoms with Crippen LogP contribution in [0, 0.1) is 0 Å². The average Bonchev–Trinajstić information content (AvgIpc) is 2.95. The summed E-state index contributed by atoms with van der Waals surface area (Å²) < 4.78 is 0. The molecular weight excluding hydrogens is 332 g/mol. The second-order valence-electron chi connectivity index (χ2n) is 7.10. The first-order valence-electron chi connectivity index (χ1n) is 9.16. The molecule has 0 aromatic heterocycles. The Morgan fingerprint density at radius 2 is 1.11 bits per heavy atom. The second-order valence-corrected chi connectivity index (χ2v) is 7.10. The topological polar surface area (TPSA) is 34.1 Å². The predicted octanol–water partition coefficient (Wildman–Crippen LogP) is 5.69. The normalized spacial score (nSPS) is 13.2. The van der Waals surface area contributed by atoms with Crippen LogP contribution in [0.4, 0.5) is 0 Å². The molecule has 1 aliphatic carbocycles. The summed E-state index contributed by atoms with van der Waals surface area (Å²) in [5.41, 5.74) is 4.93. The molecule has 0 unspecified atom stereocenters. The number of fused-ring (bicyclic) bond motifs is 1. The number of hydrogen-bond acceptors (Lipinski definition) is 2. The standard InChI is InChI=1S/C25H20O2/c1-16(2)17-12-14-19(15-13-17)22(18-8-4-3-5-9-18)23-24(26)20-10-6-7-11-21(20)25(23)27/h3-16H,1-2H3. The van der Waals surface area contributed by atoms with Crippen LogP contribution in [0.3, 0.4) is 0 Å².